The molecule has 0 N–H and O–H groups in total. The summed E-state index contributed by atoms with van der Waals surface area (Å²) in [5.41, 5.74) is 0.779. The molecule has 4 rings (SSSR count). The maximum Gasteiger partial charge on any atom is 0.342 e. The average molecular weight is 379 g/mol. The van der Waals surface area contributed by atoms with Gasteiger partial charge < -0.3 is 19.3 Å². The van der Waals surface area contributed by atoms with Crippen molar-refractivity contribution in [2.75, 3.05) is 19.0 Å². The number of carbonyl (C=O) groups is 2. The van der Waals surface area contributed by atoms with Crippen LogP contribution in [0.3, 0.4) is 0 Å². The number of anilines is 1. The maximum absolute atomic E-state index is 12.9. The van der Waals surface area contributed by atoms with Crippen LogP contribution in [0.4, 0.5) is 5.69 Å². The lowest BCUT2D eigenvalue weighted by molar-refractivity contribution is -0.125. The second-order valence-corrected chi connectivity index (χ2v) is 7.94. The van der Waals surface area contributed by atoms with Gasteiger partial charge in [0, 0.05) is 37.0 Å². The van der Waals surface area contributed by atoms with Crippen LogP contribution < -0.4 is 9.64 Å². The number of amides is 1. The fraction of sp³-hybridized carbons (Fsp3) is 0.579. The number of likely N-dealkylation sites (N-methyl/N-ethyl adjacent to an activating group) is 1. The molecule has 3 aliphatic rings. The summed E-state index contributed by atoms with van der Waals surface area (Å²) in [6.07, 6.45) is 3.30. The molecule has 2 fully saturated rings. The Balaban J connectivity index is 1.59. The summed E-state index contributed by atoms with van der Waals surface area (Å²) >= 11 is 6.19. The topological polar surface area (TPSA) is 59.1 Å². The van der Waals surface area contributed by atoms with Crippen molar-refractivity contribution in [1.29, 1.82) is 0 Å². The Labute approximate surface area is 158 Å². The minimum Gasteiger partial charge on any atom is -0.478 e. The molecule has 6 nitrogen and oxygen atoms in total. The lowest BCUT2D eigenvalue weighted by atomic mass is 10.0. The van der Waals surface area contributed by atoms with Crippen LogP contribution in [-0.2, 0) is 9.53 Å². The summed E-state index contributed by atoms with van der Waals surface area (Å²) in [5, 5.41) is 0.372. The Kier molecular flexibility index (Phi) is 4.35. The molecule has 0 spiro atoms. The van der Waals surface area contributed by atoms with E-state index in [2.05, 4.69) is 11.9 Å². The lowest BCUT2D eigenvalue weighted by Crippen LogP contribution is -2.44. The summed E-state index contributed by atoms with van der Waals surface area (Å²) in [5.74, 6) is -0.247. The number of rotatable bonds is 2. The van der Waals surface area contributed by atoms with Gasteiger partial charge >= 0.3 is 5.97 Å². The van der Waals surface area contributed by atoms with Gasteiger partial charge in [0.15, 0.2) is 11.9 Å². The maximum atomic E-state index is 12.9. The van der Waals surface area contributed by atoms with E-state index in [0.29, 0.717) is 28.5 Å². The summed E-state index contributed by atoms with van der Waals surface area (Å²) in [4.78, 5) is 28.9. The smallest absolute Gasteiger partial charge is 0.342 e. The van der Waals surface area contributed by atoms with E-state index < -0.39 is 12.1 Å². The number of ether oxygens (including phenoxy) is 2. The molecule has 3 atom stereocenters. The monoisotopic (exact) mass is 378 g/mol. The number of hydrogen-bond donors (Lipinski definition) is 0. The zero-order chi connectivity index (χ0) is 18.6. The van der Waals surface area contributed by atoms with Crippen LogP contribution in [-0.4, -0.2) is 55.2 Å². The van der Waals surface area contributed by atoms with Crippen LogP contribution in [0.25, 0.3) is 0 Å². The van der Waals surface area contributed by atoms with Crippen molar-refractivity contribution in [3.8, 4) is 5.75 Å². The van der Waals surface area contributed by atoms with Crippen molar-refractivity contribution in [1.82, 2.24) is 4.90 Å². The van der Waals surface area contributed by atoms with Crippen LogP contribution in [0.2, 0.25) is 5.02 Å². The SMILES string of the molecule is CC1Oc2c(C(=O)OC3CC4CCC(C3)N4C)cc(Cl)cc2N(C)C1=O. The number of nitrogens with zero attached hydrogens (tertiary/aromatic N) is 2. The molecule has 3 aliphatic heterocycles. The van der Waals surface area contributed by atoms with E-state index in [-0.39, 0.29) is 17.6 Å². The Morgan fingerprint density at radius 3 is 2.54 bits per heavy atom. The molecule has 1 aromatic carbocycles. The summed E-state index contributed by atoms with van der Waals surface area (Å²) in [6, 6.07) is 4.16. The van der Waals surface area contributed by atoms with Crippen molar-refractivity contribution in [2.24, 2.45) is 0 Å². The van der Waals surface area contributed by atoms with E-state index in [1.807, 2.05) is 0 Å². The van der Waals surface area contributed by atoms with Crippen molar-refractivity contribution in [3.63, 3.8) is 0 Å². The van der Waals surface area contributed by atoms with E-state index in [4.69, 9.17) is 21.1 Å². The minimum atomic E-state index is -0.653. The van der Waals surface area contributed by atoms with Gasteiger partial charge in [-0.1, -0.05) is 11.6 Å². The Bertz CT molecular complexity index is 754. The standard InChI is InChI=1S/C19H23ClN2O4/c1-10-18(23)22(3)16-7-11(20)6-15(17(16)25-10)19(24)26-14-8-12-4-5-13(9-14)21(12)2/h6-7,10,12-14H,4-5,8-9H2,1-3H3. The second-order valence-electron chi connectivity index (χ2n) is 7.51. The molecule has 1 aromatic rings. The average Bonchev–Trinajstić information content (AvgIpc) is 2.81. The zero-order valence-electron chi connectivity index (χ0n) is 15.2. The predicted octanol–water partition coefficient (Wildman–Crippen LogP) is 2.87. The van der Waals surface area contributed by atoms with Gasteiger partial charge in [-0.15, -0.1) is 0 Å². The van der Waals surface area contributed by atoms with E-state index in [9.17, 15) is 9.59 Å². The molecule has 2 saturated heterocycles. The van der Waals surface area contributed by atoms with Gasteiger partial charge in [0.25, 0.3) is 5.91 Å². The van der Waals surface area contributed by atoms with Gasteiger partial charge in [0.1, 0.15) is 11.7 Å². The van der Waals surface area contributed by atoms with Crippen LogP contribution in [0.15, 0.2) is 12.1 Å². The van der Waals surface area contributed by atoms with E-state index in [1.54, 1.807) is 26.1 Å². The molecule has 0 aliphatic carbocycles. The van der Waals surface area contributed by atoms with E-state index >= 15 is 0 Å². The molecule has 3 unspecified atom stereocenters. The van der Waals surface area contributed by atoms with E-state index in [1.165, 1.54) is 4.90 Å². The fourth-order valence-electron chi connectivity index (χ4n) is 4.40. The molecule has 1 amide bonds. The summed E-state index contributed by atoms with van der Waals surface area (Å²) < 4.78 is 11.5. The highest BCUT2D eigenvalue weighted by Gasteiger charge is 2.40. The highest BCUT2D eigenvalue weighted by Crippen LogP contribution is 2.40. The largest absolute Gasteiger partial charge is 0.478 e. The van der Waals surface area contributed by atoms with Crippen LogP contribution >= 0.6 is 11.6 Å². The number of fused-ring (bicyclic) bond motifs is 3. The van der Waals surface area contributed by atoms with Gasteiger partial charge in [-0.05, 0) is 38.9 Å². The third kappa shape index (κ3) is 2.85. The van der Waals surface area contributed by atoms with Crippen LogP contribution in [0, 0.1) is 0 Å². The fourth-order valence-corrected chi connectivity index (χ4v) is 4.61. The van der Waals surface area contributed by atoms with Crippen molar-refractivity contribution >= 4 is 29.2 Å². The first-order chi connectivity index (χ1) is 12.3. The first-order valence-electron chi connectivity index (χ1n) is 9.06. The quantitative estimate of drug-likeness (QED) is 0.740. The summed E-state index contributed by atoms with van der Waals surface area (Å²) in [6.45, 7) is 1.67. The highest BCUT2D eigenvalue weighted by molar-refractivity contribution is 6.31. The van der Waals surface area contributed by atoms with Crippen molar-refractivity contribution in [2.45, 2.75) is 56.9 Å². The number of esters is 1. The van der Waals surface area contributed by atoms with Crippen molar-refractivity contribution < 1.29 is 19.1 Å². The number of hydrogen-bond acceptors (Lipinski definition) is 5. The number of piperidine rings is 1. The first kappa shape index (κ1) is 17.6. The molecule has 3 heterocycles. The molecular weight excluding hydrogens is 356 g/mol. The normalized spacial score (nSPS) is 30.8. The molecule has 26 heavy (non-hydrogen) atoms. The Morgan fingerprint density at radius 1 is 1.23 bits per heavy atom. The molecule has 2 bridgehead atoms. The zero-order valence-corrected chi connectivity index (χ0v) is 16.0. The van der Waals surface area contributed by atoms with Crippen molar-refractivity contribution in [3.05, 3.63) is 22.7 Å². The molecule has 0 saturated carbocycles. The van der Waals surface area contributed by atoms with Crippen LogP contribution in [0.1, 0.15) is 43.0 Å². The second kappa shape index (κ2) is 6.43. The predicted molar refractivity (Wildman–Crippen MR) is 98.0 cm³/mol. The van der Waals surface area contributed by atoms with E-state index in [0.717, 1.165) is 25.7 Å². The molecule has 0 aromatic heterocycles. The number of benzene rings is 1. The third-order valence-electron chi connectivity index (χ3n) is 5.92. The van der Waals surface area contributed by atoms with Gasteiger partial charge in [-0.3, -0.25) is 4.79 Å². The van der Waals surface area contributed by atoms with Gasteiger partial charge in [0.2, 0.25) is 0 Å². The van der Waals surface area contributed by atoms with Gasteiger partial charge in [-0.25, -0.2) is 4.79 Å². The molecular formula is C19H23ClN2O4. The minimum absolute atomic E-state index is 0.0915. The summed E-state index contributed by atoms with van der Waals surface area (Å²) in [7, 11) is 3.80. The van der Waals surface area contributed by atoms with Crippen LogP contribution in [0.5, 0.6) is 5.75 Å². The molecule has 7 heteroatoms. The Morgan fingerprint density at radius 2 is 1.88 bits per heavy atom. The van der Waals surface area contributed by atoms with Gasteiger partial charge in [-0.2, -0.15) is 0 Å². The number of carbonyl (C=O) groups excluding carboxylic acids is 2. The highest BCUT2D eigenvalue weighted by atomic mass is 35.5. The number of halogens is 1. The lowest BCUT2D eigenvalue weighted by Gasteiger charge is -2.36. The molecule has 0 radical (unpaired) electrons. The first-order valence-corrected chi connectivity index (χ1v) is 9.43. The molecule has 140 valence electrons. The van der Waals surface area contributed by atoms with Gasteiger partial charge in [0.05, 0.1) is 5.69 Å². The third-order valence-corrected chi connectivity index (χ3v) is 6.14. The Hall–Kier alpha value is -1.79.